The van der Waals surface area contributed by atoms with Crippen molar-refractivity contribution in [2.24, 2.45) is 0 Å². The van der Waals surface area contributed by atoms with Gasteiger partial charge in [0.05, 0.1) is 28.4 Å². The molecule has 0 aliphatic heterocycles. The Hall–Kier alpha value is -2.97. The highest BCUT2D eigenvalue weighted by Crippen LogP contribution is 2.42. The van der Waals surface area contributed by atoms with Crippen molar-refractivity contribution in [2.75, 3.05) is 68.3 Å². The SMILES string of the molecule is COc1ccc(CCN(CCCN(C)C[C@H]2Cc3cc(OC)c(OC)cc32)C(=O)CO)cc1OC. The summed E-state index contributed by atoms with van der Waals surface area (Å²) in [6.45, 7) is 2.47. The summed E-state index contributed by atoms with van der Waals surface area (Å²) in [5, 5.41) is 9.44. The van der Waals surface area contributed by atoms with Crippen molar-refractivity contribution in [3.05, 3.63) is 47.0 Å². The molecule has 0 spiro atoms. The summed E-state index contributed by atoms with van der Waals surface area (Å²) in [7, 11) is 8.64. The number of hydrogen-bond acceptors (Lipinski definition) is 7. The molecule has 0 saturated carbocycles. The number of aliphatic hydroxyl groups is 1. The van der Waals surface area contributed by atoms with E-state index in [2.05, 4.69) is 24.1 Å². The van der Waals surface area contributed by atoms with Gasteiger partial charge in [0, 0.05) is 25.6 Å². The van der Waals surface area contributed by atoms with E-state index in [1.807, 2.05) is 18.2 Å². The second kappa shape index (κ2) is 12.7. The molecular weight excluding hydrogens is 448 g/mol. The zero-order valence-electron chi connectivity index (χ0n) is 21.5. The average Bonchev–Trinajstić information content (AvgIpc) is 2.88. The molecule has 0 bridgehead atoms. The third kappa shape index (κ3) is 6.58. The summed E-state index contributed by atoms with van der Waals surface area (Å²) in [5.74, 6) is 3.11. The molecule has 1 amide bonds. The molecular formula is C27H38N2O6. The van der Waals surface area contributed by atoms with Crippen molar-refractivity contribution < 1.29 is 28.8 Å². The predicted molar refractivity (Wildman–Crippen MR) is 135 cm³/mol. The molecule has 0 radical (unpaired) electrons. The number of likely N-dealkylation sites (N-methyl/N-ethyl adjacent to an activating group) is 1. The van der Waals surface area contributed by atoms with Gasteiger partial charge in [-0.3, -0.25) is 4.79 Å². The molecule has 0 unspecified atom stereocenters. The molecule has 8 heteroatoms. The van der Waals surface area contributed by atoms with Gasteiger partial charge in [0.15, 0.2) is 23.0 Å². The largest absolute Gasteiger partial charge is 0.493 e. The lowest BCUT2D eigenvalue weighted by molar-refractivity contribution is -0.134. The smallest absolute Gasteiger partial charge is 0.248 e. The lowest BCUT2D eigenvalue weighted by Crippen LogP contribution is -2.38. The normalized spacial score (nSPS) is 14.2. The molecule has 1 atom stereocenters. The van der Waals surface area contributed by atoms with E-state index in [4.69, 9.17) is 18.9 Å². The fourth-order valence-electron chi connectivity index (χ4n) is 4.66. The van der Waals surface area contributed by atoms with Gasteiger partial charge in [-0.15, -0.1) is 0 Å². The second-order valence-electron chi connectivity index (χ2n) is 8.90. The molecule has 2 aromatic rings. The summed E-state index contributed by atoms with van der Waals surface area (Å²) in [5.41, 5.74) is 3.68. The lowest BCUT2D eigenvalue weighted by atomic mass is 9.77. The van der Waals surface area contributed by atoms with Crippen LogP contribution in [-0.2, 0) is 17.6 Å². The zero-order valence-corrected chi connectivity index (χ0v) is 21.5. The summed E-state index contributed by atoms with van der Waals surface area (Å²) < 4.78 is 21.5. The lowest BCUT2D eigenvalue weighted by Gasteiger charge is -2.34. The Morgan fingerprint density at radius 1 is 0.914 bits per heavy atom. The first kappa shape index (κ1) is 26.6. The molecule has 1 aliphatic carbocycles. The van der Waals surface area contributed by atoms with Crippen LogP contribution in [0, 0.1) is 0 Å². The first-order valence-corrected chi connectivity index (χ1v) is 12.0. The third-order valence-corrected chi connectivity index (χ3v) is 6.66. The van der Waals surface area contributed by atoms with Gasteiger partial charge >= 0.3 is 0 Å². The maximum absolute atomic E-state index is 12.3. The van der Waals surface area contributed by atoms with Crippen molar-refractivity contribution in [2.45, 2.75) is 25.2 Å². The maximum atomic E-state index is 12.3. The number of ether oxygens (including phenoxy) is 4. The minimum Gasteiger partial charge on any atom is -0.493 e. The first-order valence-electron chi connectivity index (χ1n) is 12.0. The van der Waals surface area contributed by atoms with E-state index < -0.39 is 6.61 Å². The van der Waals surface area contributed by atoms with Crippen LogP contribution in [0.5, 0.6) is 23.0 Å². The second-order valence-corrected chi connectivity index (χ2v) is 8.90. The molecule has 1 aliphatic rings. The fourth-order valence-corrected chi connectivity index (χ4v) is 4.66. The highest BCUT2D eigenvalue weighted by molar-refractivity contribution is 5.77. The number of aliphatic hydroxyl groups excluding tert-OH is 1. The molecule has 0 aromatic heterocycles. The van der Waals surface area contributed by atoms with Crippen molar-refractivity contribution in [3.8, 4) is 23.0 Å². The predicted octanol–water partition coefficient (Wildman–Crippen LogP) is 2.75. The van der Waals surface area contributed by atoms with E-state index in [1.165, 1.54) is 11.1 Å². The minimum atomic E-state index is -0.480. The van der Waals surface area contributed by atoms with E-state index >= 15 is 0 Å². The van der Waals surface area contributed by atoms with Crippen LogP contribution in [0.1, 0.15) is 29.0 Å². The average molecular weight is 487 g/mol. The van der Waals surface area contributed by atoms with Gasteiger partial charge in [0.2, 0.25) is 5.91 Å². The Morgan fingerprint density at radius 2 is 1.57 bits per heavy atom. The zero-order chi connectivity index (χ0) is 25.4. The molecule has 3 rings (SSSR count). The molecule has 0 saturated heterocycles. The minimum absolute atomic E-state index is 0.248. The Kier molecular flexibility index (Phi) is 9.63. The van der Waals surface area contributed by atoms with Crippen LogP contribution in [-0.4, -0.2) is 89.1 Å². The number of fused-ring (bicyclic) bond motifs is 1. The van der Waals surface area contributed by atoms with Crippen LogP contribution in [0.2, 0.25) is 0 Å². The third-order valence-electron chi connectivity index (χ3n) is 6.66. The van der Waals surface area contributed by atoms with Gasteiger partial charge in [0.25, 0.3) is 0 Å². The molecule has 192 valence electrons. The Labute approximate surface area is 208 Å². The summed E-state index contributed by atoms with van der Waals surface area (Å²) in [4.78, 5) is 16.4. The van der Waals surface area contributed by atoms with Crippen LogP contribution in [0.25, 0.3) is 0 Å². The van der Waals surface area contributed by atoms with Crippen molar-refractivity contribution in [1.29, 1.82) is 0 Å². The molecule has 8 nitrogen and oxygen atoms in total. The fraction of sp³-hybridized carbons (Fsp3) is 0.519. The van der Waals surface area contributed by atoms with Gasteiger partial charge in [0.1, 0.15) is 6.61 Å². The monoisotopic (exact) mass is 486 g/mol. The van der Waals surface area contributed by atoms with Crippen LogP contribution < -0.4 is 18.9 Å². The number of rotatable bonds is 14. The van der Waals surface area contributed by atoms with Crippen molar-refractivity contribution >= 4 is 5.91 Å². The highest BCUT2D eigenvalue weighted by atomic mass is 16.5. The van der Waals surface area contributed by atoms with Gasteiger partial charge in [-0.25, -0.2) is 0 Å². The van der Waals surface area contributed by atoms with Gasteiger partial charge in [-0.2, -0.15) is 0 Å². The van der Waals surface area contributed by atoms with E-state index in [9.17, 15) is 9.90 Å². The number of carbonyl (C=O) groups is 1. The van der Waals surface area contributed by atoms with E-state index in [0.29, 0.717) is 36.9 Å². The Bertz CT molecular complexity index is 996. The van der Waals surface area contributed by atoms with Crippen molar-refractivity contribution in [1.82, 2.24) is 9.80 Å². The Balaban J connectivity index is 1.49. The quantitative estimate of drug-likeness (QED) is 0.440. The molecule has 2 aromatic carbocycles. The number of nitrogens with zero attached hydrogens (tertiary/aromatic N) is 2. The van der Waals surface area contributed by atoms with Crippen LogP contribution in [0.4, 0.5) is 0 Å². The van der Waals surface area contributed by atoms with E-state index in [-0.39, 0.29) is 5.91 Å². The standard InChI is InChI=1S/C27H38N2O6/c1-28(17-21-14-20-15-25(34-4)26(35-5)16-22(20)21)10-6-11-29(27(31)18-30)12-9-19-7-8-23(32-2)24(13-19)33-3/h7-8,13,15-16,21,30H,6,9-12,14,17-18H2,1-5H3/t21-/m1/s1. The molecule has 0 fully saturated rings. The number of hydrogen-bond donors (Lipinski definition) is 1. The first-order chi connectivity index (χ1) is 16.9. The van der Waals surface area contributed by atoms with Crippen LogP contribution >= 0.6 is 0 Å². The maximum Gasteiger partial charge on any atom is 0.248 e. The summed E-state index contributed by atoms with van der Waals surface area (Å²) in [6.07, 6.45) is 2.53. The molecule has 0 heterocycles. The summed E-state index contributed by atoms with van der Waals surface area (Å²) >= 11 is 0. The van der Waals surface area contributed by atoms with Gasteiger partial charge < -0.3 is 33.9 Å². The number of benzene rings is 2. The van der Waals surface area contributed by atoms with Gasteiger partial charge in [-0.05, 0) is 73.8 Å². The van der Waals surface area contributed by atoms with Crippen LogP contribution in [0.15, 0.2) is 30.3 Å². The van der Waals surface area contributed by atoms with Crippen LogP contribution in [0.3, 0.4) is 0 Å². The summed E-state index contributed by atoms with van der Waals surface area (Å²) in [6, 6.07) is 9.92. The Morgan fingerprint density at radius 3 is 2.23 bits per heavy atom. The number of amides is 1. The number of methoxy groups -OCH3 is 4. The highest BCUT2D eigenvalue weighted by Gasteiger charge is 2.29. The van der Waals surface area contributed by atoms with Gasteiger partial charge in [-0.1, -0.05) is 6.07 Å². The number of carbonyl (C=O) groups excluding carboxylic acids is 1. The molecule has 35 heavy (non-hydrogen) atoms. The van der Waals surface area contributed by atoms with E-state index in [0.717, 1.165) is 43.0 Å². The topological polar surface area (TPSA) is 80.7 Å². The van der Waals surface area contributed by atoms with E-state index in [1.54, 1.807) is 33.3 Å². The molecule has 1 N–H and O–H groups in total. The van der Waals surface area contributed by atoms with Crippen molar-refractivity contribution in [3.63, 3.8) is 0 Å².